The van der Waals surface area contributed by atoms with Crippen LogP contribution in [-0.2, 0) is 0 Å². The van der Waals surface area contributed by atoms with Crippen molar-refractivity contribution in [2.75, 3.05) is 0 Å². The lowest BCUT2D eigenvalue weighted by atomic mass is 10.1. The molecule has 0 fully saturated rings. The molecule has 74 valence electrons. The number of nitrogens with zero attached hydrogens (tertiary/aromatic N) is 2. The van der Waals surface area contributed by atoms with Gasteiger partial charge in [0.15, 0.2) is 0 Å². The quantitative estimate of drug-likeness (QED) is 0.715. The molecular formula is C11H13FN2. The van der Waals surface area contributed by atoms with Crippen LogP contribution in [0.15, 0.2) is 24.5 Å². The van der Waals surface area contributed by atoms with E-state index in [9.17, 15) is 4.39 Å². The molecule has 1 atom stereocenters. The molecule has 0 radical (unpaired) electrons. The van der Waals surface area contributed by atoms with Gasteiger partial charge in [-0.2, -0.15) is 0 Å². The predicted octanol–water partition coefficient (Wildman–Crippen LogP) is 2.99. The Hall–Kier alpha value is -1.38. The Balaban J connectivity index is 2.51. The van der Waals surface area contributed by atoms with E-state index in [0.29, 0.717) is 5.92 Å². The van der Waals surface area contributed by atoms with E-state index in [4.69, 9.17) is 0 Å². The summed E-state index contributed by atoms with van der Waals surface area (Å²) in [6.45, 7) is 4.24. The first-order chi connectivity index (χ1) is 6.70. The number of imidazole rings is 1. The van der Waals surface area contributed by atoms with Crippen molar-refractivity contribution >= 4 is 5.65 Å². The maximum Gasteiger partial charge on any atom is 0.139 e. The van der Waals surface area contributed by atoms with Crippen molar-refractivity contribution in [2.24, 2.45) is 0 Å². The summed E-state index contributed by atoms with van der Waals surface area (Å²) >= 11 is 0. The fourth-order valence-electron chi connectivity index (χ4n) is 1.43. The van der Waals surface area contributed by atoms with E-state index in [-0.39, 0.29) is 5.82 Å². The minimum absolute atomic E-state index is 0.231. The third-order valence-electron chi connectivity index (χ3n) is 2.55. The molecule has 0 aliphatic heterocycles. The van der Waals surface area contributed by atoms with Crippen LogP contribution in [0.4, 0.5) is 4.39 Å². The first-order valence-corrected chi connectivity index (χ1v) is 4.85. The van der Waals surface area contributed by atoms with E-state index >= 15 is 0 Å². The van der Waals surface area contributed by atoms with Crippen LogP contribution in [0.1, 0.15) is 31.9 Å². The smallest absolute Gasteiger partial charge is 0.139 e. The molecule has 2 aromatic heterocycles. The van der Waals surface area contributed by atoms with Gasteiger partial charge in [-0.3, -0.25) is 0 Å². The summed E-state index contributed by atoms with van der Waals surface area (Å²) in [6, 6.07) is 3.13. The molecule has 0 aliphatic carbocycles. The second kappa shape index (κ2) is 3.40. The Kier molecular flexibility index (Phi) is 2.23. The Morgan fingerprint density at radius 3 is 2.93 bits per heavy atom. The van der Waals surface area contributed by atoms with Crippen molar-refractivity contribution in [1.82, 2.24) is 9.38 Å². The van der Waals surface area contributed by atoms with E-state index in [1.807, 2.05) is 6.20 Å². The number of rotatable bonds is 2. The van der Waals surface area contributed by atoms with E-state index in [1.165, 1.54) is 12.3 Å². The van der Waals surface area contributed by atoms with Gasteiger partial charge >= 0.3 is 0 Å². The Morgan fingerprint density at radius 1 is 1.43 bits per heavy atom. The van der Waals surface area contributed by atoms with Crippen LogP contribution < -0.4 is 0 Å². The first kappa shape index (κ1) is 9.19. The van der Waals surface area contributed by atoms with Crippen molar-refractivity contribution < 1.29 is 4.39 Å². The fourth-order valence-corrected chi connectivity index (χ4v) is 1.43. The lowest BCUT2D eigenvalue weighted by molar-refractivity contribution is 0.619. The van der Waals surface area contributed by atoms with Gasteiger partial charge in [0.1, 0.15) is 11.5 Å². The normalized spacial score (nSPS) is 13.4. The number of pyridine rings is 1. The number of hydrogen-bond donors (Lipinski definition) is 0. The van der Waals surface area contributed by atoms with Crippen LogP contribution in [0.3, 0.4) is 0 Å². The lowest BCUT2D eigenvalue weighted by Crippen LogP contribution is -1.89. The lowest BCUT2D eigenvalue weighted by Gasteiger charge is -2.01. The van der Waals surface area contributed by atoms with Gasteiger partial charge in [0.2, 0.25) is 0 Å². The van der Waals surface area contributed by atoms with Crippen LogP contribution >= 0.6 is 0 Å². The van der Waals surface area contributed by atoms with Crippen LogP contribution in [-0.4, -0.2) is 9.38 Å². The van der Waals surface area contributed by atoms with Gasteiger partial charge in [0.05, 0.1) is 5.69 Å². The maximum absolute atomic E-state index is 12.9. The van der Waals surface area contributed by atoms with Gasteiger partial charge in [0.25, 0.3) is 0 Å². The second-order valence-corrected chi connectivity index (χ2v) is 3.59. The Labute approximate surface area is 82.4 Å². The minimum Gasteiger partial charge on any atom is -0.304 e. The molecule has 0 spiro atoms. The summed E-state index contributed by atoms with van der Waals surface area (Å²) in [5.41, 5.74) is 1.83. The van der Waals surface area contributed by atoms with Gasteiger partial charge in [-0.05, 0) is 24.5 Å². The summed E-state index contributed by atoms with van der Waals surface area (Å²) < 4.78 is 14.6. The van der Waals surface area contributed by atoms with Crippen molar-refractivity contribution in [3.8, 4) is 0 Å². The van der Waals surface area contributed by atoms with E-state index in [0.717, 1.165) is 17.8 Å². The monoisotopic (exact) mass is 192 g/mol. The number of hydrogen-bond acceptors (Lipinski definition) is 1. The van der Waals surface area contributed by atoms with Gasteiger partial charge in [-0.1, -0.05) is 13.8 Å². The fraction of sp³-hybridized carbons (Fsp3) is 0.364. The number of fused-ring (bicyclic) bond motifs is 1. The van der Waals surface area contributed by atoms with Gasteiger partial charge in [0, 0.05) is 12.4 Å². The SMILES string of the molecule is CCC(C)c1cn2cc(F)ccc2n1. The third kappa shape index (κ3) is 1.50. The van der Waals surface area contributed by atoms with Crippen LogP contribution in [0.2, 0.25) is 0 Å². The highest BCUT2D eigenvalue weighted by atomic mass is 19.1. The molecule has 3 heteroatoms. The summed E-state index contributed by atoms with van der Waals surface area (Å²) in [7, 11) is 0. The molecule has 14 heavy (non-hydrogen) atoms. The van der Waals surface area contributed by atoms with E-state index in [2.05, 4.69) is 18.8 Å². The molecule has 0 saturated carbocycles. The highest BCUT2D eigenvalue weighted by Crippen LogP contribution is 2.18. The van der Waals surface area contributed by atoms with Crippen LogP contribution in [0.5, 0.6) is 0 Å². The second-order valence-electron chi connectivity index (χ2n) is 3.59. The molecule has 0 aliphatic rings. The summed E-state index contributed by atoms with van der Waals surface area (Å²) in [5.74, 6) is 0.198. The highest BCUT2D eigenvalue weighted by molar-refractivity contribution is 5.40. The summed E-state index contributed by atoms with van der Waals surface area (Å²) in [5, 5.41) is 0. The molecule has 0 aromatic carbocycles. The highest BCUT2D eigenvalue weighted by Gasteiger charge is 2.07. The zero-order chi connectivity index (χ0) is 10.1. The van der Waals surface area contributed by atoms with Gasteiger partial charge in [-0.25, -0.2) is 9.37 Å². The Morgan fingerprint density at radius 2 is 2.21 bits per heavy atom. The zero-order valence-electron chi connectivity index (χ0n) is 8.37. The molecule has 2 nitrogen and oxygen atoms in total. The van der Waals surface area contributed by atoms with E-state index in [1.54, 1.807) is 10.5 Å². The topological polar surface area (TPSA) is 17.3 Å². The molecular weight excluding hydrogens is 179 g/mol. The predicted molar refractivity (Wildman–Crippen MR) is 53.9 cm³/mol. The number of halogens is 1. The average molecular weight is 192 g/mol. The zero-order valence-corrected chi connectivity index (χ0v) is 8.37. The molecule has 0 N–H and O–H groups in total. The van der Waals surface area contributed by atoms with Crippen molar-refractivity contribution in [1.29, 1.82) is 0 Å². The molecule has 2 rings (SSSR count). The molecule has 0 bridgehead atoms. The first-order valence-electron chi connectivity index (χ1n) is 4.85. The molecule has 1 unspecified atom stereocenters. The molecule has 0 amide bonds. The third-order valence-corrected chi connectivity index (χ3v) is 2.55. The average Bonchev–Trinajstić information content (AvgIpc) is 2.59. The Bertz CT molecular complexity index is 447. The van der Waals surface area contributed by atoms with Gasteiger partial charge in [-0.15, -0.1) is 0 Å². The minimum atomic E-state index is -0.231. The molecule has 0 saturated heterocycles. The van der Waals surface area contributed by atoms with Crippen LogP contribution in [0, 0.1) is 5.82 Å². The summed E-state index contributed by atoms with van der Waals surface area (Å²) in [6.07, 6.45) is 4.40. The maximum atomic E-state index is 12.9. The summed E-state index contributed by atoms with van der Waals surface area (Å²) in [4.78, 5) is 4.42. The van der Waals surface area contributed by atoms with Gasteiger partial charge < -0.3 is 4.40 Å². The largest absolute Gasteiger partial charge is 0.304 e. The standard InChI is InChI=1S/C11H13FN2/c1-3-8(2)10-7-14-6-9(12)4-5-11(14)13-10/h4-8H,3H2,1-2H3. The van der Waals surface area contributed by atoms with E-state index < -0.39 is 0 Å². The van der Waals surface area contributed by atoms with Crippen LogP contribution in [0.25, 0.3) is 5.65 Å². The van der Waals surface area contributed by atoms with Crippen molar-refractivity contribution in [3.05, 3.63) is 36.0 Å². The molecule has 2 aromatic rings. The molecule has 2 heterocycles. The van der Waals surface area contributed by atoms with Crippen molar-refractivity contribution in [2.45, 2.75) is 26.2 Å². The van der Waals surface area contributed by atoms with Crippen molar-refractivity contribution in [3.63, 3.8) is 0 Å². The number of aromatic nitrogens is 2.